The van der Waals surface area contributed by atoms with Gasteiger partial charge in [-0.25, -0.2) is 10.2 Å². The number of nitrogens with one attached hydrogen (secondary N) is 3. The highest BCUT2D eigenvalue weighted by Crippen LogP contribution is 2.13. The van der Waals surface area contributed by atoms with Gasteiger partial charge in [-0.1, -0.05) is 52.2 Å². The lowest BCUT2D eigenvalue weighted by Gasteiger charge is -2.25. The fourth-order valence-electron chi connectivity index (χ4n) is 2.89. The SMILES string of the molecule is CCCCCC(=O)NN[C@@H](Cc1ccc(O)cc1)C(=O)N[C@H](C(=O)OC)[C@@H](C)CC. The number of benzene rings is 1. The molecule has 0 aliphatic heterocycles. The molecular formula is C22H35N3O5. The molecule has 0 aromatic heterocycles. The zero-order valence-electron chi connectivity index (χ0n) is 18.4. The summed E-state index contributed by atoms with van der Waals surface area (Å²) in [4.78, 5) is 37.1. The van der Waals surface area contributed by atoms with E-state index in [4.69, 9.17) is 4.74 Å². The molecule has 1 aromatic carbocycles. The van der Waals surface area contributed by atoms with Gasteiger partial charge >= 0.3 is 5.97 Å². The molecule has 8 heteroatoms. The molecule has 8 nitrogen and oxygen atoms in total. The Morgan fingerprint density at radius 1 is 1.10 bits per heavy atom. The van der Waals surface area contributed by atoms with Gasteiger partial charge in [0.1, 0.15) is 17.8 Å². The van der Waals surface area contributed by atoms with Crippen molar-refractivity contribution in [2.24, 2.45) is 5.92 Å². The molecule has 30 heavy (non-hydrogen) atoms. The molecular weight excluding hydrogens is 386 g/mol. The number of hydrazine groups is 1. The lowest BCUT2D eigenvalue weighted by atomic mass is 9.98. The third-order valence-corrected chi connectivity index (χ3v) is 5.05. The van der Waals surface area contributed by atoms with E-state index in [1.165, 1.54) is 19.2 Å². The van der Waals surface area contributed by atoms with Crippen molar-refractivity contribution in [3.05, 3.63) is 29.8 Å². The van der Waals surface area contributed by atoms with Gasteiger partial charge in [-0.2, -0.15) is 0 Å². The van der Waals surface area contributed by atoms with Crippen LogP contribution in [0, 0.1) is 5.92 Å². The number of hydrogen-bond donors (Lipinski definition) is 4. The van der Waals surface area contributed by atoms with Crippen molar-refractivity contribution in [3.8, 4) is 5.75 Å². The Kier molecular flexibility index (Phi) is 11.5. The van der Waals surface area contributed by atoms with Gasteiger partial charge in [-0.05, 0) is 36.5 Å². The van der Waals surface area contributed by atoms with Crippen molar-refractivity contribution in [1.29, 1.82) is 0 Å². The monoisotopic (exact) mass is 421 g/mol. The smallest absolute Gasteiger partial charge is 0.328 e. The summed E-state index contributed by atoms with van der Waals surface area (Å²) in [5.41, 5.74) is 6.19. The number of carbonyl (C=O) groups is 3. The van der Waals surface area contributed by atoms with Gasteiger partial charge in [-0.3, -0.25) is 15.0 Å². The zero-order chi connectivity index (χ0) is 22.5. The quantitative estimate of drug-likeness (QED) is 0.220. The number of phenolic OH excluding ortho intramolecular Hbond substituents is 1. The van der Waals surface area contributed by atoms with Gasteiger partial charge < -0.3 is 15.2 Å². The first-order valence-corrected chi connectivity index (χ1v) is 10.5. The lowest BCUT2D eigenvalue weighted by Crippen LogP contribution is -2.56. The second kappa shape index (κ2) is 13.6. The number of aromatic hydroxyl groups is 1. The van der Waals surface area contributed by atoms with Crippen LogP contribution in [-0.4, -0.2) is 42.1 Å². The highest BCUT2D eigenvalue weighted by atomic mass is 16.5. The van der Waals surface area contributed by atoms with Gasteiger partial charge in [0.15, 0.2) is 0 Å². The number of hydrogen-bond acceptors (Lipinski definition) is 6. The van der Waals surface area contributed by atoms with E-state index in [0.29, 0.717) is 12.8 Å². The molecule has 0 heterocycles. The summed E-state index contributed by atoms with van der Waals surface area (Å²) in [7, 11) is 1.28. The van der Waals surface area contributed by atoms with Crippen LogP contribution >= 0.6 is 0 Å². The molecule has 3 atom stereocenters. The maximum atomic E-state index is 13.0. The molecule has 0 radical (unpaired) electrons. The number of carbonyl (C=O) groups excluding carboxylic acids is 3. The van der Waals surface area contributed by atoms with Gasteiger partial charge in [0.05, 0.1) is 7.11 Å². The minimum Gasteiger partial charge on any atom is -0.508 e. The molecule has 4 N–H and O–H groups in total. The Balaban J connectivity index is 2.88. The maximum Gasteiger partial charge on any atom is 0.328 e. The van der Waals surface area contributed by atoms with E-state index < -0.39 is 24.0 Å². The normalized spacial score (nSPS) is 13.7. The molecule has 168 valence electrons. The lowest BCUT2D eigenvalue weighted by molar-refractivity contribution is -0.147. The molecule has 0 unspecified atom stereocenters. The van der Waals surface area contributed by atoms with Crippen LogP contribution in [-0.2, 0) is 25.5 Å². The third-order valence-electron chi connectivity index (χ3n) is 5.05. The molecule has 1 aromatic rings. The van der Waals surface area contributed by atoms with E-state index in [1.54, 1.807) is 12.1 Å². The van der Waals surface area contributed by atoms with Crippen LogP contribution in [0.1, 0.15) is 58.4 Å². The van der Waals surface area contributed by atoms with E-state index >= 15 is 0 Å². The van der Waals surface area contributed by atoms with E-state index in [-0.39, 0.29) is 24.0 Å². The standard InChI is InChI=1S/C22H35N3O5/c1-5-7-8-9-19(27)25-24-18(14-16-10-12-17(26)13-11-16)21(28)23-20(15(3)6-2)22(29)30-4/h10-13,15,18,20,24,26H,5-9,14H2,1-4H3,(H,23,28)(H,25,27)/t15-,18-,20-/m0/s1. The van der Waals surface area contributed by atoms with Crippen molar-refractivity contribution in [3.63, 3.8) is 0 Å². The Morgan fingerprint density at radius 3 is 2.33 bits per heavy atom. The van der Waals surface area contributed by atoms with Crippen molar-refractivity contribution in [2.75, 3.05) is 7.11 Å². The van der Waals surface area contributed by atoms with Crippen LogP contribution in [0.4, 0.5) is 0 Å². The number of unbranched alkanes of at least 4 members (excludes halogenated alkanes) is 2. The fraction of sp³-hybridized carbons (Fsp3) is 0.591. The molecule has 2 amide bonds. The molecule has 1 rings (SSSR count). The Bertz CT molecular complexity index is 678. The number of phenols is 1. The minimum absolute atomic E-state index is 0.112. The summed E-state index contributed by atoms with van der Waals surface area (Å²) in [6, 6.07) is 4.88. The number of ether oxygens (including phenoxy) is 1. The first-order valence-electron chi connectivity index (χ1n) is 10.5. The van der Waals surface area contributed by atoms with E-state index in [1.807, 2.05) is 13.8 Å². The second-order valence-electron chi connectivity index (χ2n) is 7.47. The number of esters is 1. The molecule has 0 saturated heterocycles. The van der Waals surface area contributed by atoms with E-state index in [2.05, 4.69) is 23.1 Å². The zero-order valence-corrected chi connectivity index (χ0v) is 18.4. The molecule has 0 aliphatic rings. The Morgan fingerprint density at radius 2 is 1.77 bits per heavy atom. The maximum absolute atomic E-state index is 13.0. The molecule has 0 aliphatic carbocycles. The van der Waals surface area contributed by atoms with E-state index in [0.717, 1.165) is 24.8 Å². The van der Waals surface area contributed by atoms with Crippen LogP contribution in [0.5, 0.6) is 5.75 Å². The van der Waals surface area contributed by atoms with Gasteiger partial charge in [0.2, 0.25) is 11.8 Å². The Hall–Kier alpha value is -2.61. The summed E-state index contributed by atoms with van der Waals surface area (Å²) >= 11 is 0. The Labute approximate surface area is 178 Å². The third kappa shape index (κ3) is 8.82. The summed E-state index contributed by atoms with van der Waals surface area (Å²) in [5, 5.41) is 12.2. The number of rotatable bonds is 13. The first kappa shape index (κ1) is 25.4. The molecule has 0 fully saturated rings. The van der Waals surface area contributed by atoms with Gasteiger partial charge in [0, 0.05) is 6.42 Å². The van der Waals surface area contributed by atoms with Crippen LogP contribution in [0.25, 0.3) is 0 Å². The largest absolute Gasteiger partial charge is 0.508 e. The van der Waals surface area contributed by atoms with Crippen molar-refractivity contribution < 1.29 is 24.2 Å². The second-order valence-corrected chi connectivity index (χ2v) is 7.47. The van der Waals surface area contributed by atoms with E-state index in [9.17, 15) is 19.5 Å². The predicted octanol–water partition coefficient (Wildman–Crippen LogP) is 2.21. The van der Waals surface area contributed by atoms with Crippen molar-refractivity contribution >= 4 is 17.8 Å². The van der Waals surface area contributed by atoms with Crippen molar-refractivity contribution in [2.45, 2.75) is 71.4 Å². The minimum atomic E-state index is -0.805. The van der Waals surface area contributed by atoms with Crippen LogP contribution in [0.15, 0.2) is 24.3 Å². The predicted molar refractivity (Wildman–Crippen MR) is 114 cm³/mol. The summed E-state index contributed by atoms with van der Waals surface area (Å²) < 4.78 is 4.83. The van der Waals surface area contributed by atoms with Crippen LogP contribution in [0.3, 0.4) is 0 Å². The highest BCUT2D eigenvalue weighted by Gasteiger charge is 2.30. The first-order chi connectivity index (χ1) is 14.3. The van der Waals surface area contributed by atoms with Gasteiger partial charge in [0.25, 0.3) is 0 Å². The van der Waals surface area contributed by atoms with Crippen molar-refractivity contribution in [1.82, 2.24) is 16.2 Å². The van der Waals surface area contributed by atoms with Crippen LogP contribution in [0.2, 0.25) is 0 Å². The average Bonchev–Trinajstić information content (AvgIpc) is 2.75. The number of methoxy groups -OCH3 is 1. The fourth-order valence-corrected chi connectivity index (χ4v) is 2.89. The highest BCUT2D eigenvalue weighted by molar-refractivity contribution is 5.88. The van der Waals surface area contributed by atoms with Crippen LogP contribution < -0.4 is 16.2 Å². The number of amides is 2. The molecule has 0 spiro atoms. The summed E-state index contributed by atoms with van der Waals surface area (Å²) in [5.74, 6) is -1.12. The average molecular weight is 422 g/mol. The topological polar surface area (TPSA) is 117 Å². The molecule has 0 saturated carbocycles. The summed E-state index contributed by atoms with van der Waals surface area (Å²) in [6.07, 6.45) is 4.06. The summed E-state index contributed by atoms with van der Waals surface area (Å²) in [6.45, 7) is 5.85. The molecule has 0 bridgehead atoms. The van der Waals surface area contributed by atoms with Gasteiger partial charge in [-0.15, -0.1) is 0 Å².